The standard InChI is InChI=1S/C14H27NO/c1-4-14(3)12(15)9-13(14)16-11-7-5-10(2)6-8-11/h10-13H,4-9,15H2,1-3H3. The van der Waals surface area contributed by atoms with Crippen molar-refractivity contribution < 1.29 is 4.74 Å². The third kappa shape index (κ3) is 2.14. The van der Waals surface area contributed by atoms with Crippen molar-refractivity contribution in [3.8, 4) is 0 Å². The van der Waals surface area contributed by atoms with Gasteiger partial charge in [-0.05, 0) is 44.4 Å². The summed E-state index contributed by atoms with van der Waals surface area (Å²) in [6.45, 7) is 6.88. The minimum absolute atomic E-state index is 0.239. The van der Waals surface area contributed by atoms with Gasteiger partial charge in [-0.15, -0.1) is 0 Å². The van der Waals surface area contributed by atoms with Crippen LogP contribution in [-0.2, 0) is 4.74 Å². The predicted molar refractivity (Wildman–Crippen MR) is 67.3 cm³/mol. The highest BCUT2D eigenvalue weighted by molar-refractivity contribution is 5.03. The Morgan fingerprint density at radius 2 is 1.88 bits per heavy atom. The van der Waals surface area contributed by atoms with E-state index in [0.29, 0.717) is 18.2 Å². The van der Waals surface area contributed by atoms with Crippen LogP contribution in [0.3, 0.4) is 0 Å². The molecule has 94 valence electrons. The van der Waals surface area contributed by atoms with Crippen LogP contribution >= 0.6 is 0 Å². The molecule has 2 saturated carbocycles. The van der Waals surface area contributed by atoms with Crippen molar-refractivity contribution in [1.29, 1.82) is 0 Å². The van der Waals surface area contributed by atoms with Crippen molar-refractivity contribution in [2.24, 2.45) is 17.1 Å². The first kappa shape index (κ1) is 12.4. The second-order valence-electron chi connectivity index (χ2n) is 6.21. The summed E-state index contributed by atoms with van der Waals surface area (Å²) < 4.78 is 6.27. The van der Waals surface area contributed by atoms with Crippen LogP contribution in [0.1, 0.15) is 59.3 Å². The first-order valence-electron chi connectivity index (χ1n) is 6.97. The number of nitrogens with two attached hydrogens (primary N) is 1. The zero-order valence-electron chi connectivity index (χ0n) is 11.0. The maximum Gasteiger partial charge on any atom is 0.0662 e. The third-order valence-corrected chi connectivity index (χ3v) is 5.13. The molecule has 0 aliphatic heterocycles. The zero-order chi connectivity index (χ0) is 11.8. The van der Waals surface area contributed by atoms with E-state index >= 15 is 0 Å². The number of ether oxygens (including phenoxy) is 1. The lowest BCUT2D eigenvalue weighted by molar-refractivity contribution is -0.157. The van der Waals surface area contributed by atoms with Gasteiger partial charge in [0.05, 0.1) is 12.2 Å². The largest absolute Gasteiger partial charge is 0.374 e. The van der Waals surface area contributed by atoms with Crippen LogP contribution in [-0.4, -0.2) is 18.2 Å². The Morgan fingerprint density at radius 1 is 1.25 bits per heavy atom. The van der Waals surface area contributed by atoms with E-state index in [1.807, 2.05) is 0 Å². The Bertz CT molecular complexity index is 235. The van der Waals surface area contributed by atoms with Crippen molar-refractivity contribution >= 4 is 0 Å². The molecule has 2 fully saturated rings. The van der Waals surface area contributed by atoms with Crippen molar-refractivity contribution in [2.45, 2.75) is 77.5 Å². The topological polar surface area (TPSA) is 35.2 Å². The van der Waals surface area contributed by atoms with Gasteiger partial charge in [0.2, 0.25) is 0 Å². The molecule has 0 bridgehead atoms. The molecule has 0 saturated heterocycles. The average Bonchev–Trinajstić information content (AvgIpc) is 2.30. The van der Waals surface area contributed by atoms with Crippen LogP contribution in [0.25, 0.3) is 0 Å². The van der Waals surface area contributed by atoms with Gasteiger partial charge in [-0.1, -0.05) is 20.8 Å². The van der Waals surface area contributed by atoms with Gasteiger partial charge in [0.15, 0.2) is 0 Å². The highest BCUT2D eigenvalue weighted by Gasteiger charge is 2.50. The van der Waals surface area contributed by atoms with Crippen molar-refractivity contribution in [3.05, 3.63) is 0 Å². The molecule has 2 nitrogen and oxygen atoms in total. The van der Waals surface area contributed by atoms with Gasteiger partial charge >= 0.3 is 0 Å². The smallest absolute Gasteiger partial charge is 0.0662 e. The second-order valence-corrected chi connectivity index (χ2v) is 6.21. The molecule has 0 aromatic carbocycles. The van der Waals surface area contributed by atoms with Crippen LogP contribution < -0.4 is 5.73 Å². The molecule has 2 N–H and O–H groups in total. The fraction of sp³-hybridized carbons (Fsp3) is 1.00. The quantitative estimate of drug-likeness (QED) is 0.801. The second kappa shape index (κ2) is 4.66. The molecule has 0 heterocycles. The molecular weight excluding hydrogens is 198 g/mol. The molecule has 2 rings (SSSR count). The minimum atomic E-state index is 0.239. The zero-order valence-corrected chi connectivity index (χ0v) is 11.0. The van der Waals surface area contributed by atoms with Crippen LogP contribution in [0.5, 0.6) is 0 Å². The van der Waals surface area contributed by atoms with E-state index in [9.17, 15) is 0 Å². The average molecular weight is 225 g/mol. The van der Waals surface area contributed by atoms with Crippen LogP contribution in [0.2, 0.25) is 0 Å². The van der Waals surface area contributed by atoms with Crippen molar-refractivity contribution in [3.63, 3.8) is 0 Å². The molecule has 2 aliphatic carbocycles. The van der Waals surface area contributed by atoms with E-state index in [2.05, 4.69) is 20.8 Å². The van der Waals surface area contributed by atoms with Crippen molar-refractivity contribution in [2.75, 3.05) is 0 Å². The van der Waals surface area contributed by atoms with E-state index in [1.165, 1.54) is 25.7 Å². The Kier molecular flexibility index (Phi) is 3.60. The summed E-state index contributed by atoms with van der Waals surface area (Å²) in [6.07, 6.45) is 8.33. The summed E-state index contributed by atoms with van der Waals surface area (Å²) >= 11 is 0. The molecule has 2 aliphatic rings. The Balaban J connectivity index is 1.82. The lowest BCUT2D eigenvalue weighted by atomic mass is 9.62. The number of hydrogen-bond donors (Lipinski definition) is 1. The summed E-state index contributed by atoms with van der Waals surface area (Å²) in [4.78, 5) is 0. The highest BCUT2D eigenvalue weighted by Crippen LogP contribution is 2.46. The van der Waals surface area contributed by atoms with Gasteiger partial charge in [0.1, 0.15) is 0 Å². The molecule has 0 spiro atoms. The highest BCUT2D eigenvalue weighted by atomic mass is 16.5. The summed E-state index contributed by atoms with van der Waals surface area (Å²) in [7, 11) is 0. The fourth-order valence-corrected chi connectivity index (χ4v) is 3.15. The molecule has 0 radical (unpaired) electrons. The van der Waals surface area contributed by atoms with Crippen LogP contribution in [0, 0.1) is 11.3 Å². The SMILES string of the molecule is CCC1(C)C(N)CC1OC1CCC(C)CC1. The number of hydrogen-bond acceptors (Lipinski definition) is 2. The van der Waals surface area contributed by atoms with Gasteiger partial charge in [-0.2, -0.15) is 0 Å². The minimum Gasteiger partial charge on any atom is -0.374 e. The van der Waals surface area contributed by atoms with E-state index in [0.717, 1.165) is 18.8 Å². The third-order valence-electron chi connectivity index (χ3n) is 5.13. The van der Waals surface area contributed by atoms with Crippen LogP contribution in [0.4, 0.5) is 0 Å². The van der Waals surface area contributed by atoms with Crippen LogP contribution in [0.15, 0.2) is 0 Å². The summed E-state index contributed by atoms with van der Waals surface area (Å²) in [5.41, 5.74) is 6.34. The molecule has 16 heavy (non-hydrogen) atoms. The number of rotatable bonds is 3. The Hall–Kier alpha value is -0.0800. The maximum absolute atomic E-state index is 6.27. The first-order valence-corrected chi connectivity index (χ1v) is 6.97. The van der Waals surface area contributed by atoms with E-state index in [-0.39, 0.29) is 5.41 Å². The van der Waals surface area contributed by atoms with Gasteiger partial charge in [-0.3, -0.25) is 0 Å². The predicted octanol–water partition coefficient (Wildman–Crippen LogP) is 3.10. The van der Waals surface area contributed by atoms with Crippen molar-refractivity contribution in [1.82, 2.24) is 0 Å². The maximum atomic E-state index is 6.27. The molecule has 3 atom stereocenters. The molecule has 0 amide bonds. The summed E-state index contributed by atoms with van der Waals surface area (Å²) in [5, 5.41) is 0. The molecule has 0 aromatic heterocycles. The van der Waals surface area contributed by atoms with Gasteiger partial charge in [-0.25, -0.2) is 0 Å². The molecule has 0 aromatic rings. The Labute approximate surface area is 99.9 Å². The molecule has 2 heteroatoms. The van der Waals surface area contributed by atoms with E-state index in [4.69, 9.17) is 10.5 Å². The summed E-state index contributed by atoms with van der Waals surface area (Å²) in [5.74, 6) is 0.904. The summed E-state index contributed by atoms with van der Waals surface area (Å²) in [6, 6.07) is 0.352. The lowest BCUT2D eigenvalue weighted by Gasteiger charge is -2.53. The molecule has 3 unspecified atom stereocenters. The fourth-order valence-electron chi connectivity index (χ4n) is 3.15. The normalized spacial score (nSPS) is 48.8. The lowest BCUT2D eigenvalue weighted by Crippen LogP contribution is -2.61. The van der Waals surface area contributed by atoms with Gasteiger partial charge in [0, 0.05) is 11.5 Å². The van der Waals surface area contributed by atoms with Gasteiger partial charge < -0.3 is 10.5 Å². The van der Waals surface area contributed by atoms with Gasteiger partial charge in [0.25, 0.3) is 0 Å². The first-order chi connectivity index (χ1) is 7.56. The van der Waals surface area contributed by atoms with E-state index < -0.39 is 0 Å². The Morgan fingerprint density at radius 3 is 2.38 bits per heavy atom. The van der Waals surface area contributed by atoms with E-state index in [1.54, 1.807) is 0 Å². The molecular formula is C14H27NO. The monoisotopic (exact) mass is 225 g/mol.